The highest BCUT2D eigenvalue weighted by Crippen LogP contribution is 2.32. The Morgan fingerprint density at radius 2 is 1.95 bits per heavy atom. The Kier molecular flexibility index (Phi) is 4.62. The molecule has 2 N–H and O–H groups in total. The lowest BCUT2D eigenvalue weighted by atomic mass is 10.1. The van der Waals surface area contributed by atoms with Gasteiger partial charge in [0, 0.05) is 5.69 Å². The van der Waals surface area contributed by atoms with Crippen LogP contribution in [0.25, 0.3) is 0 Å². The smallest absolute Gasteiger partial charge is 0.336 e. The number of rotatable bonds is 3. The van der Waals surface area contributed by atoms with Gasteiger partial charge in [-0.1, -0.05) is 6.07 Å². The molecule has 4 nitrogen and oxygen atoms in total. The SMILES string of the molecule is Cc1c(NC(=O)c2cc(Br)sc2Br)cccc1C(=O)O. The summed E-state index contributed by atoms with van der Waals surface area (Å²) >= 11 is 8.03. The minimum Gasteiger partial charge on any atom is -0.478 e. The van der Waals surface area contributed by atoms with Crippen molar-refractivity contribution in [1.82, 2.24) is 0 Å². The van der Waals surface area contributed by atoms with Crippen molar-refractivity contribution in [3.05, 3.63) is 48.5 Å². The first-order valence-electron chi connectivity index (χ1n) is 5.49. The van der Waals surface area contributed by atoms with Crippen LogP contribution < -0.4 is 5.32 Å². The van der Waals surface area contributed by atoms with Crippen molar-refractivity contribution >= 4 is 60.8 Å². The largest absolute Gasteiger partial charge is 0.478 e. The number of nitrogens with one attached hydrogen (secondary N) is 1. The molecule has 1 amide bonds. The summed E-state index contributed by atoms with van der Waals surface area (Å²) in [6.45, 7) is 1.66. The van der Waals surface area contributed by atoms with Gasteiger partial charge >= 0.3 is 5.97 Å². The molecule has 1 heterocycles. The number of aromatic carboxylic acids is 1. The van der Waals surface area contributed by atoms with Crippen LogP contribution in [0.1, 0.15) is 26.3 Å². The van der Waals surface area contributed by atoms with Gasteiger partial charge in [0.1, 0.15) is 0 Å². The molecule has 0 aliphatic carbocycles. The predicted molar refractivity (Wildman–Crippen MR) is 85.8 cm³/mol. The molecule has 0 unspecified atom stereocenters. The number of amides is 1. The van der Waals surface area contributed by atoms with Gasteiger partial charge in [-0.25, -0.2) is 4.79 Å². The monoisotopic (exact) mass is 417 g/mol. The number of carbonyl (C=O) groups excluding carboxylic acids is 1. The topological polar surface area (TPSA) is 66.4 Å². The van der Waals surface area contributed by atoms with Gasteiger partial charge in [0.2, 0.25) is 0 Å². The molecule has 2 rings (SSSR count). The molecule has 0 aliphatic heterocycles. The minimum atomic E-state index is -1.02. The fraction of sp³-hybridized carbons (Fsp3) is 0.0769. The standard InChI is InChI=1S/C13H9Br2NO3S/c1-6-7(13(18)19)3-2-4-9(6)16-12(17)8-5-10(14)20-11(8)15/h2-5H,1H3,(H,16,17)(H,18,19). The van der Waals surface area contributed by atoms with Crippen molar-refractivity contribution in [3.63, 3.8) is 0 Å². The van der Waals surface area contributed by atoms with E-state index in [1.54, 1.807) is 25.1 Å². The highest BCUT2D eigenvalue weighted by molar-refractivity contribution is 9.12. The van der Waals surface area contributed by atoms with Crippen molar-refractivity contribution in [3.8, 4) is 0 Å². The molecular formula is C13H9Br2NO3S. The van der Waals surface area contributed by atoms with E-state index >= 15 is 0 Å². The van der Waals surface area contributed by atoms with Crippen LogP contribution in [0, 0.1) is 6.92 Å². The first kappa shape index (κ1) is 15.2. The van der Waals surface area contributed by atoms with Gasteiger partial charge in [-0.05, 0) is 62.5 Å². The van der Waals surface area contributed by atoms with E-state index in [0.29, 0.717) is 20.6 Å². The van der Waals surface area contributed by atoms with Gasteiger partial charge < -0.3 is 10.4 Å². The third-order valence-corrected chi connectivity index (χ3v) is 5.05. The Bertz CT molecular complexity index is 697. The average molecular weight is 419 g/mol. The fourth-order valence-corrected chi connectivity index (χ4v) is 4.48. The van der Waals surface area contributed by atoms with Crippen molar-refractivity contribution in [2.24, 2.45) is 0 Å². The molecule has 0 fully saturated rings. The molecule has 0 bridgehead atoms. The molecule has 20 heavy (non-hydrogen) atoms. The summed E-state index contributed by atoms with van der Waals surface area (Å²) in [6, 6.07) is 6.49. The first-order chi connectivity index (χ1) is 9.40. The van der Waals surface area contributed by atoms with Gasteiger partial charge in [-0.2, -0.15) is 0 Å². The second-order valence-corrected chi connectivity index (χ2v) is 7.72. The number of hydrogen-bond donors (Lipinski definition) is 2. The van der Waals surface area contributed by atoms with Gasteiger partial charge in [-0.15, -0.1) is 11.3 Å². The lowest BCUT2D eigenvalue weighted by Crippen LogP contribution is -2.13. The number of halogens is 2. The molecule has 1 aromatic carbocycles. The minimum absolute atomic E-state index is 0.174. The van der Waals surface area contributed by atoms with E-state index < -0.39 is 5.97 Å². The Morgan fingerprint density at radius 1 is 1.25 bits per heavy atom. The zero-order valence-electron chi connectivity index (χ0n) is 10.2. The van der Waals surface area contributed by atoms with E-state index in [1.807, 2.05) is 0 Å². The molecule has 0 spiro atoms. The molecule has 0 radical (unpaired) electrons. The van der Waals surface area contributed by atoms with Crippen LogP contribution in [0.3, 0.4) is 0 Å². The average Bonchev–Trinajstić information content (AvgIpc) is 2.70. The van der Waals surface area contributed by atoms with Crippen LogP contribution >= 0.6 is 43.2 Å². The van der Waals surface area contributed by atoms with Crippen LogP contribution in [0.2, 0.25) is 0 Å². The van der Waals surface area contributed by atoms with E-state index in [4.69, 9.17) is 5.11 Å². The van der Waals surface area contributed by atoms with Crippen molar-refractivity contribution in [2.75, 3.05) is 5.32 Å². The van der Waals surface area contributed by atoms with Gasteiger partial charge in [0.25, 0.3) is 5.91 Å². The second-order valence-electron chi connectivity index (χ2n) is 3.98. The number of anilines is 1. The molecule has 1 aromatic heterocycles. The summed E-state index contributed by atoms with van der Waals surface area (Å²) in [7, 11) is 0. The number of carbonyl (C=O) groups is 2. The number of carboxylic acid groups (broad SMARTS) is 1. The zero-order chi connectivity index (χ0) is 14.9. The molecule has 0 atom stereocenters. The van der Waals surface area contributed by atoms with E-state index in [0.717, 1.165) is 3.79 Å². The highest BCUT2D eigenvalue weighted by Gasteiger charge is 2.16. The summed E-state index contributed by atoms with van der Waals surface area (Å²) in [5.74, 6) is -1.30. The highest BCUT2D eigenvalue weighted by atomic mass is 79.9. The molecule has 0 saturated heterocycles. The number of carboxylic acids is 1. The third kappa shape index (κ3) is 3.11. The predicted octanol–water partition coefficient (Wildman–Crippen LogP) is 4.53. The lowest BCUT2D eigenvalue weighted by molar-refractivity contribution is 0.0695. The molecule has 7 heteroatoms. The second kappa shape index (κ2) is 6.07. The van der Waals surface area contributed by atoms with Gasteiger partial charge in [0.05, 0.1) is 18.7 Å². The summed E-state index contributed by atoms with van der Waals surface area (Å²) < 4.78 is 1.56. The van der Waals surface area contributed by atoms with Crippen LogP contribution in [-0.4, -0.2) is 17.0 Å². The van der Waals surface area contributed by atoms with Crippen molar-refractivity contribution < 1.29 is 14.7 Å². The molecule has 2 aromatic rings. The molecule has 0 aliphatic rings. The first-order valence-corrected chi connectivity index (χ1v) is 7.89. The maximum Gasteiger partial charge on any atom is 0.336 e. The fourth-order valence-electron chi connectivity index (χ4n) is 1.69. The number of hydrogen-bond acceptors (Lipinski definition) is 3. The van der Waals surface area contributed by atoms with Gasteiger partial charge in [-0.3, -0.25) is 4.79 Å². The summed E-state index contributed by atoms with van der Waals surface area (Å²) in [6.07, 6.45) is 0. The van der Waals surface area contributed by atoms with Crippen LogP contribution in [0.5, 0.6) is 0 Å². The Morgan fingerprint density at radius 3 is 2.50 bits per heavy atom. The maximum absolute atomic E-state index is 12.2. The molecule has 0 saturated carbocycles. The maximum atomic E-state index is 12.2. The third-order valence-electron chi connectivity index (χ3n) is 2.71. The summed E-state index contributed by atoms with van der Waals surface area (Å²) in [5, 5.41) is 11.8. The molecule has 104 valence electrons. The van der Waals surface area contributed by atoms with Crippen LogP contribution in [-0.2, 0) is 0 Å². The zero-order valence-corrected chi connectivity index (χ0v) is 14.2. The van der Waals surface area contributed by atoms with Crippen LogP contribution in [0.4, 0.5) is 5.69 Å². The normalized spacial score (nSPS) is 10.3. The van der Waals surface area contributed by atoms with E-state index in [-0.39, 0.29) is 11.5 Å². The quantitative estimate of drug-likeness (QED) is 0.769. The van der Waals surface area contributed by atoms with E-state index in [9.17, 15) is 9.59 Å². The number of benzene rings is 1. The Labute approximate surface area is 136 Å². The van der Waals surface area contributed by atoms with Crippen molar-refractivity contribution in [2.45, 2.75) is 6.92 Å². The van der Waals surface area contributed by atoms with Gasteiger partial charge in [0.15, 0.2) is 0 Å². The Balaban J connectivity index is 2.31. The summed E-state index contributed by atoms with van der Waals surface area (Å²) in [4.78, 5) is 23.2. The molecular weight excluding hydrogens is 410 g/mol. The number of thiophene rings is 1. The lowest BCUT2D eigenvalue weighted by Gasteiger charge is -2.10. The Hall–Kier alpha value is -1.18. The van der Waals surface area contributed by atoms with E-state index in [2.05, 4.69) is 37.2 Å². The van der Waals surface area contributed by atoms with E-state index in [1.165, 1.54) is 17.4 Å². The van der Waals surface area contributed by atoms with Crippen molar-refractivity contribution in [1.29, 1.82) is 0 Å². The summed E-state index contributed by atoms with van der Waals surface area (Å²) in [5.41, 5.74) is 1.69. The van der Waals surface area contributed by atoms with Crippen LogP contribution in [0.15, 0.2) is 31.8 Å².